The Labute approximate surface area is 227 Å². The van der Waals surface area contributed by atoms with Crippen LogP contribution in [0, 0.1) is 0 Å². The van der Waals surface area contributed by atoms with Crippen LogP contribution >= 0.6 is 0 Å². The van der Waals surface area contributed by atoms with E-state index in [1.54, 1.807) is 0 Å². The van der Waals surface area contributed by atoms with Crippen LogP contribution in [0.25, 0.3) is 76.5 Å². The molecule has 39 heavy (non-hydrogen) atoms. The molecule has 0 saturated carbocycles. The van der Waals surface area contributed by atoms with Crippen LogP contribution in [0.5, 0.6) is 0 Å². The van der Waals surface area contributed by atoms with E-state index in [-0.39, 0.29) is 5.41 Å². The maximum atomic E-state index is 6.57. The zero-order valence-electron chi connectivity index (χ0n) is 22.4. The largest absolute Gasteiger partial charge is 0.455 e. The SMILES string of the molecule is CC(C)(C)c1cc2ccc3ccc(-c4cccc5oc6c(-c7ccccc7)cccc6c45)c4ccc(c1)c2c34. The van der Waals surface area contributed by atoms with E-state index in [9.17, 15) is 0 Å². The van der Waals surface area contributed by atoms with E-state index < -0.39 is 0 Å². The molecule has 0 atom stereocenters. The minimum Gasteiger partial charge on any atom is -0.455 e. The Morgan fingerprint density at radius 2 is 1.18 bits per heavy atom. The van der Waals surface area contributed by atoms with Crippen molar-refractivity contribution in [2.75, 3.05) is 0 Å². The molecule has 0 amide bonds. The molecule has 7 aromatic carbocycles. The molecule has 186 valence electrons. The summed E-state index contributed by atoms with van der Waals surface area (Å²) in [4.78, 5) is 0. The van der Waals surface area contributed by atoms with Crippen molar-refractivity contribution in [3.8, 4) is 22.3 Å². The van der Waals surface area contributed by atoms with Gasteiger partial charge in [-0.1, -0.05) is 130 Å². The first-order chi connectivity index (χ1) is 19.0. The summed E-state index contributed by atoms with van der Waals surface area (Å²) in [5.74, 6) is 0. The van der Waals surface area contributed by atoms with Gasteiger partial charge in [0, 0.05) is 16.3 Å². The molecule has 8 aromatic rings. The van der Waals surface area contributed by atoms with Crippen LogP contribution in [0.3, 0.4) is 0 Å². The van der Waals surface area contributed by atoms with Crippen molar-refractivity contribution in [1.29, 1.82) is 0 Å². The smallest absolute Gasteiger partial charge is 0.143 e. The van der Waals surface area contributed by atoms with Gasteiger partial charge in [0.25, 0.3) is 0 Å². The van der Waals surface area contributed by atoms with Crippen LogP contribution in [0.4, 0.5) is 0 Å². The summed E-state index contributed by atoms with van der Waals surface area (Å²) in [7, 11) is 0. The predicted octanol–water partition coefficient (Wildman–Crippen LogP) is 11.1. The molecule has 1 heterocycles. The predicted molar refractivity (Wildman–Crippen MR) is 167 cm³/mol. The molecule has 0 aliphatic carbocycles. The lowest BCUT2D eigenvalue weighted by molar-refractivity contribution is 0.591. The average Bonchev–Trinajstić information content (AvgIpc) is 3.35. The Morgan fingerprint density at radius 3 is 1.97 bits per heavy atom. The van der Waals surface area contributed by atoms with Gasteiger partial charge in [0.05, 0.1) is 0 Å². The Bertz CT molecular complexity index is 2170. The van der Waals surface area contributed by atoms with Gasteiger partial charge in [-0.25, -0.2) is 0 Å². The standard InChI is InChI=1S/C38H28O/c1-38(2,3)27-21-25-16-15-24-17-19-29(31-20-18-26(22-27)34(25)35(24)31)30-12-8-14-33-36(30)32-13-7-11-28(37(32)39-33)23-9-5-4-6-10-23/h4-22H,1-3H3. The van der Waals surface area contributed by atoms with Gasteiger partial charge in [0.15, 0.2) is 0 Å². The molecule has 0 fully saturated rings. The van der Waals surface area contributed by atoms with Crippen LogP contribution in [0.15, 0.2) is 120 Å². The zero-order chi connectivity index (χ0) is 26.3. The summed E-state index contributed by atoms with van der Waals surface area (Å²) in [5.41, 5.74) is 8.09. The number of hydrogen-bond acceptors (Lipinski definition) is 1. The van der Waals surface area contributed by atoms with Crippen molar-refractivity contribution in [3.63, 3.8) is 0 Å². The van der Waals surface area contributed by atoms with Crippen molar-refractivity contribution in [3.05, 3.63) is 121 Å². The molecule has 0 saturated heterocycles. The fourth-order valence-electron chi connectivity index (χ4n) is 6.40. The van der Waals surface area contributed by atoms with Gasteiger partial charge in [-0.05, 0) is 66.1 Å². The van der Waals surface area contributed by atoms with Crippen LogP contribution in [0.1, 0.15) is 26.3 Å². The van der Waals surface area contributed by atoms with Crippen LogP contribution in [0.2, 0.25) is 0 Å². The number of para-hydroxylation sites is 1. The molecule has 0 spiro atoms. The molecule has 0 N–H and O–H groups in total. The van der Waals surface area contributed by atoms with E-state index in [4.69, 9.17) is 4.42 Å². The van der Waals surface area contributed by atoms with Gasteiger partial charge in [-0.3, -0.25) is 0 Å². The van der Waals surface area contributed by atoms with Gasteiger partial charge in [0.1, 0.15) is 11.2 Å². The average molecular weight is 501 g/mol. The minimum absolute atomic E-state index is 0.103. The molecule has 8 rings (SSSR count). The van der Waals surface area contributed by atoms with Crippen LogP contribution in [-0.4, -0.2) is 0 Å². The normalized spacial score (nSPS) is 12.5. The Balaban J connectivity index is 1.44. The summed E-state index contributed by atoms with van der Waals surface area (Å²) < 4.78 is 6.57. The monoisotopic (exact) mass is 500 g/mol. The molecule has 1 aromatic heterocycles. The third-order valence-electron chi connectivity index (χ3n) is 8.36. The van der Waals surface area contributed by atoms with E-state index >= 15 is 0 Å². The second kappa shape index (κ2) is 7.94. The second-order valence-corrected chi connectivity index (χ2v) is 11.8. The van der Waals surface area contributed by atoms with E-state index in [0.717, 1.165) is 22.1 Å². The van der Waals surface area contributed by atoms with E-state index in [1.807, 2.05) is 0 Å². The molecule has 1 nitrogen and oxygen atoms in total. The lowest BCUT2D eigenvalue weighted by atomic mass is 9.82. The number of rotatable bonds is 2. The Morgan fingerprint density at radius 1 is 0.487 bits per heavy atom. The van der Waals surface area contributed by atoms with Crippen molar-refractivity contribution in [2.45, 2.75) is 26.2 Å². The maximum Gasteiger partial charge on any atom is 0.143 e. The third kappa shape index (κ3) is 3.26. The summed E-state index contributed by atoms with van der Waals surface area (Å²) >= 11 is 0. The highest BCUT2D eigenvalue weighted by Gasteiger charge is 2.20. The van der Waals surface area contributed by atoms with Gasteiger partial charge < -0.3 is 4.42 Å². The number of hydrogen-bond donors (Lipinski definition) is 0. The number of benzene rings is 7. The lowest BCUT2D eigenvalue weighted by Crippen LogP contribution is -2.10. The van der Waals surface area contributed by atoms with Gasteiger partial charge in [0.2, 0.25) is 0 Å². The highest BCUT2D eigenvalue weighted by atomic mass is 16.3. The van der Waals surface area contributed by atoms with E-state index in [1.165, 1.54) is 60.0 Å². The molecule has 0 radical (unpaired) electrons. The molecule has 1 heteroatoms. The van der Waals surface area contributed by atoms with Gasteiger partial charge >= 0.3 is 0 Å². The first kappa shape index (κ1) is 22.4. The quantitative estimate of drug-likeness (QED) is 0.215. The first-order valence-electron chi connectivity index (χ1n) is 13.7. The van der Waals surface area contributed by atoms with Gasteiger partial charge in [-0.15, -0.1) is 0 Å². The van der Waals surface area contributed by atoms with Crippen LogP contribution in [-0.2, 0) is 5.41 Å². The minimum atomic E-state index is 0.103. The number of fused-ring (bicyclic) bond motifs is 3. The zero-order valence-corrected chi connectivity index (χ0v) is 22.4. The lowest BCUT2D eigenvalue weighted by Gasteiger charge is -2.22. The van der Waals surface area contributed by atoms with Crippen LogP contribution < -0.4 is 0 Å². The topological polar surface area (TPSA) is 13.1 Å². The van der Waals surface area contributed by atoms with Gasteiger partial charge in [-0.2, -0.15) is 0 Å². The first-order valence-corrected chi connectivity index (χ1v) is 13.7. The molecular formula is C38H28O. The summed E-state index contributed by atoms with van der Waals surface area (Å²) in [6.45, 7) is 6.87. The summed E-state index contributed by atoms with van der Waals surface area (Å²) in [5, 5.41) is 10.2. The summed E-state index contributed by atoms with van der Waals surface area (Å²) in [6.07, 6.45) is 0. The second-order valence-electron chi connectivity index (χ2n) is 11.8. The number of furan rings is 1. The van der Waals surface area contributed by atoms with E-state index in [2.05, 4.69) is 136 Å². The molecule has 0 unspecified atom stereocenters. The summed E-state index contributed by atoms with van der Waals surface area (Å²) in [6, 6.07) is 42.0. The van der Waals surface area contributed by atoms with Crippen molar-refractivity contribution in [2.24, 2.45) is 0 Å². The fraction of sp³-hybridized carbons (Fsp3) is 0.105. The fourth-order valence-corrected chi connectivity index (χ4v) is 6.40. The highest BCUT2D eigenvalue weighted by molar-refractivity contribution is 6.27. The molecular weight excluding hydrogens is 472 g/mol. The van der Waals surface area contributed by atoms with Crippen molar-refractivity contribution in [1.82, 2.24) is 0 Å². The molecule has 0 aliphatic heterocycles. The third-order valence-corrected chi connectivity index (χ3v) is 8.36. The molecule has 0 aliphatic rings. The maximum absolute atomic E-state index is 6.57. The van der Waals surface area contributed by atoms with Crippen molar-refractivity contribution < 1.29 is 4.42 Å². The molecule has 0 bridgehead atoms. The Hall–Kier alpha value is -4.62. The van der Waals surface area contributed by atoms with Crippen molar-refractivity contribution >= 4 is 54.3 Å². The highest BCUT2D eigenvalue weighted by Crippen LogP contribution is 2.45. The van der Waals surface area contributed by atoms with E-state index in [0.29, 0.717) is 0 Å². The Kier molecular flexibility index (Phi) is 4.56.